The van der Waals surface area contributed by atoms with E-state index in [0.29, 0.717) is 0 Å². The van der Waals surface area contributed by atoms with Crippen LogP contribution < -0.4 is 10.6 Å². The molecule has 0 aromatic heterocycles. The maximum Gasteiger partial charge on any atom is 0.271 e. The molecular formula is C18H11N3O2. The molecule has 0 atom stereocenters. The maximum absolute atomic E-state index is 11.0. The highest BCUT2D eigenvalue weighted by Gasteiger charge is 2.28. The summed E-state index contributed by atoms with van der Waals surface area (Å²) in [5, 5.41) is 20.2. The predicted octanol–water partition coefficient (Wildman–Crippen LogP) is 4.42. The number of hydrogen-bond donors (Lipinski definition) is 2. The Labute approximate surface area is 131 Å². The summed E-state index contributed by atoms with van der Waals surface area (Å²) in [7, 11) is 0. The topological polar surface area (TPSA) is 67.2 Å². The van der Waals surface area contributed by atoms with Gasteiger partial charge in [-0.3, -0.25) is 10.1 Å². The molecule has 3 aromatic rings. The second-order valence-electron chi connectivity index (χ2n) is 5.70. The third-order valence-electron chi connectivity index (χ3n) is 4.43. The Morgan fingerprint density at radius 3 is 2.13 bits per heavy atom. The van der Waals surface area contributed by atoms with Gasteiger partial charge in [-0.15, -0.1) is 0 Å². The van der Waals surface area contributed by atoms with E-state index in [4.69, 9.17) is 0 Å². The first kappa shape index (κ1) is 12.2. The Kier molecular flexibility index (Phi) is 2.18. The van der Waals surface area contributed by atoms with Crippen LogP contribution in [0.25, 0.3) is 22.2 Å². The molecule has 5 rings (SSSR count). The minimum Gasteiger partial charge on any atom is -0.352 e. The average molecular weight is 301 g/mol. The summed E-state index contributed by atoms with van der Waals surface area (Å²) in [6, 6.07) is 17.3. The van der Waals surface area contributed by atoms with Crippen LogP contribution in [0.3, 0.4) is 0 Å². The lowest BCUT2D eigenvalue weighted by Gasteiger charge is -2.22. The van der Waals surface area contributed by atoms with Gasteiger partial charge in [0, 0.05) is 28.6 Å². The largest absolute Gasteiger partial charge is 0.352 e. The van der Waals surface area contributed by atoms with Gasteiger partial charge in [-0.2, -0.15) is 0 Å². The molecule has 23 heavy (non-hydrogen) atoms. The number of nitrogens with zero attached hydrogens (tertiary/aromatic N) is 1. The van der Waals surface area contributed by atoms with Gasteiger partial charge in [0.1, 0.15) is 0 Å². The van der Waals surface area contributed by atoms with Crippen molar-refractivity contribution in [3.8, 4) is 0 Å². The first-order chi connectivity index (χ1) is 11.2. The fraction of sp³-hybridized carbons (Fsp3) is 0. The number of non-ortho nitro benzene ring substituents is 1. The molecule has 110 valence electrons. The molecule has 0 amide bonds. The van der Waals surface area contributed by atoms with Gasteiger partial charge >= 0.3 is 0 Å². The van der Waals surface area contributed by atoms with Gasteiger partial charge in [0.25, 0.3) is 5.69 Å². The van der Waals surface area contributed by atoms with Crippen LogP contribution in [0.4, 0.5) is 17.1 Å². The minimum atomic E-state index is -0.379. The lowest BCUT2D eigenvalue weighted by atomic mass is 10.0. The lowest BCUT2D eigenvalue weighted by molar-refractivity contribution is -0.384. The van der Waals surface area contributed by atoms with Crippen LogP contribution in [0.5, 0.6) is 0 Å². The van der Waals surface area contributed by atoms with E-state index in [-0.39, 0.29) is 10.6 Å². The summed E-state index contributed by atoms with van der Waals surface area (Å²) in [5.41, 5.74) is 5.93. The monoisotopic (exact) mass is 301 g/mol. The van der Waals surface area contributed by atoms with Crippen LogP contribution in [-0.2, 0) is 0 Å². The smallest absolute Gasteiger partial charge is 0.271 e. The van der Waals surface area contributed by atoms with Crippen molar-refractivity contribution in [3.63, 3.8) is 0 Å². The molecule has 5 nitrogen and oxygen atoms in total. The number of rotatable bonds is 1. The standard InChI is InChI=1S/C18H11N3O2/c22-21(23)11-7-8-14-15(9-11)20-18-13-6-2-4-10-3-1-5-12(16(10)13)17(18)19-14/h1-9,19-20H. The Morgan fingerprint density at radius 2 is 1.48 bits per heavy atom. The Hall–Kier alpha value is -3.34. The number of benzene rings is 3. The molecule has 0 saturated carbocycles. The van der Waals surface area contributed by atoms with E-state index in [1.807, 2.05) is 12.1 Å². The van der Waals surface area contributed by atoms with Crippen LogP contribution in [-0.4, -0.2) is 4.92 Å². The summed E-state index contributed by atoms with van der Waals surface area (Å²) in [4.78, 5) is 10.6. The van der Waals surface area contributed by atoms with E-state index in [2.05, 4.69) is 34.9 Å². The average Bonchev–Trinajstić information content (AvgIpc) is 2.88. The highest BCUT2D eigenvalue weighted by Crippen LogP contribution is 2.46. The normalized spacial score (nSPS) is 14.1. The third kappa shape index (κ3) is 1.56. The molecule has 5 heteroatoms. The molecule has 0 spiro atoms. The quantitative estimate of drug-likeness (QED) is 0.515. The zero-order valence-electron chi connectivity index (χ0n) is 12.0. The van der Waals surface area contributed by atoms with Gasteiger partial charge in [-0.1, -0.05) is 36.4 Å². The van der Waals surface area contributed by atoms with E-state index >= 15 is 0 Å². The van der Waals surface area contributed by atoms with Crippen LogP contribution in [0.1, 0.15) is 11.1 Å². The predicted molar refractivity (Wildman–Crippen MR) is 91.1 cm³/mol. The SMILES string of the molecule is O=[N+]([O-])c1ccc2c(c1)NC1=C(N2)c2cccc3cccc1c23. The summed E-state index contributed by atoms with van der Waals surface area (Å²) >= 11 is 0. The van der Waals surface area contributed by atoms with Crippen molar-refractivity contribution in [1.29, 1.82) is 0 Å². The summed E-state index contributed by atoms with van der Waals surface area (Å²) in [6.07, 6.45) is 0. The molecule has 1 heterocycles. The molecule has 0 bridgehead atoms. The van der Waals surface area contributed by atoms with Gasteiger partial charge in [0.2, 0.25) is 0 Å². The molecule has 0 fully saturated rings. The number of nitrogens with one attached hydrogen (secondary N) is 2. The number of hydrogen-bond acceptors (Lipinski definition) is 4. The molecule has 0 radical (unpaired) electrons. The fourth-order valence-electron chi connectivity index (χ4n) is 3.41. The van der Waals surface area contributed by atoms with E-state index in [9.17, 15) is 10.1 Å². The molecule has 1 aliphatic carbocycles. The van der Waals surface area contributed by atoms with Gasteiger partial charge in [-0.25, -0.2) is 0 Å². The molecule has 1 aliphatic heterocycles. The maximum atomic E-state index is 11.0. The number of fused-ring (bicyclic) bond motifs is 3. The van der Waals surface area contributed by atoms with Crippen LogP contribution in [0.2, 0.25) is 0 Å². The molecule has 3 aromatic carbocycles. The summed E-state index contributed by atoms with van der Waals surface area (Å²) in [5.74, 6) is 0. The van der Waals surface area contributed by atoms with Gasteiger partial charge < -0.3 is 10.6 Å². The Morgan fingerprint density at radius 1 is 0.826 bits per heavy atom. The van der Waals surface area contributed by atoms with Crippen LogP contribution >= 0.6 is 0 Å². The zero-order valence-corrected chi connectivity index (χ0v) is 12.0. The van der Waals surface area contributed by atoms with Gasteiger partial charge in [0.05, 0.1) is 27.7 Å². The van der Waals surface area contributed by atoms with Crippen molar-refractivity contribution in [2.75, 3.05) is 10.6 Å². The molecule has 0 unspecified atom stereocenters. The van der Waals surface area contributed by atoms with E-state index < -0.39 is 0 Å². The third-order valence-corrected chi connectivity index (χ3v) is 4.43. The Balaban J connectivity index is 1.72. The van der Waals surface area contributed by atoms with Crippen molar-refractivity contribution in [3.05, 3.63) is 75.8 Å². The molecule has 0 saturated heterocycles. The second-order valence-corrected chi connectivity index (χ2v) is 5.70. The van der Waals surface area contributed by atoms with Gasteiger partial charge in [-0.05, 0) is 11.5 Å². The summed E-state index contributed by atoms with van der Waals surface area (Å²) < 4.78 is 0. The van der Waals surface area contributed by atoms with Crippen LogP contribution in [0, 0.1) is 10.1 Å². The first-order valence-corrected chi connectivity index (χ1v) is 7.31. The summed E-state index contributed by atoms with van der Waals surface area (Å²) in [6.45, 7) is 0. The molecule has 2 N–H and O–H groups in total. The molecule has 2 aliphatic rings. The van der Waals surface area contributed by atoms with Crippen molar-refractivity contribution in [2.24, 2.45) is 0 Å². The minimum absolute atomic E-state index is 0.0795. The van der Waals surface area contributed by atoms with E-state index in [0.717, 1.165) is 33.9 Å². The number of nitro benzene ring substituents is 1. The number of anilines is 2. The first-order valence-electron chi connectivity index (χ1n) is 7.31. The lowest BCUT2D eigenvalue weighted by Crippen LogP contribution is -2.12. The van der Waals surface area contributed by atoms with Crippen molar-refractivity contribution < 1.29 is 4.92 Å². The number of nitro groups is 1. The highest BCUT2D eigenvalue weighted by atomic mass is 16.6. The molecular weight excluding hydrogens is 290 g/mol. The van der Waals surface area contributed by atoms with Crippen molar-refractivity contribution >= 4 is 39.2 Å². The van der Waals surface area contributed by atoms with Crippen molar-refractivity contribution in [1.82, 2.24) is 0 Å². The fourth-order valence-corrected chi connectivity index (χ4v) is 3.41. The van der Waals surface area contributed by atoms with Crippen molar-refractivity contribution in [2.45, 2.75) is 0 Å². The van der Waals surface area contributed by atoms with Gasteiger partial charge in [0.15, 0.2) is 0 Å². The highest BCUT2D eigenvalue weighted by molar-refractivity contribution is 6.20. The zero-order chi connectivity index (χ0) is 15.6. The van der Waals surface area contributed by atoms with E-state index in [1.54, 1.807) is 12.1 Å². The van der Waals surface area contributed by atoms with E-state index in [1.165, 1.54) is 16.8 Å². The second kappa shape index (κ2) is 4.10. The van der Waals surface area contributed by atoms with Crippen LogP contribution in [0.15, 0.2) is 54.6 Å². The Bertz CT molecular complexity index is 1050.